The first-order chi connectivity index (χ1) is 13.8. The molecule has 0 saturated carbocycles. The van der Waals surface area contributed by atoms with Crippen LogP contribution in [0.25, 0.3) is 11.5 Å². The van der Waals surface area contributed by atoms with E-state index in [0.717, 1.165) is 11.1 Å². The van der Waals surface area contributed by atoms with E-state index in [1.54, 1.807) is 12.1 Å². The summed E-state index contributed by atoms with van der Waals surface area (Å²) in [6.45, 7) is 10.7. The second-order valence-electron chi connectivity index (χ2n) is 7.58. The van der Waals surface area contributed by atoms with Gasteiger partial charge in [-0.2, -0.15) is 4.98 Å². The fourth-order valence-electron chi connectivity index (χ4n) is 3.16. The van der Waals surface area contributed by atoms with Crippen LogP contribution in [-0.2, 0) is 11.3 Å². The highest BCUT2D eigenvalue weighted by atomic mass is 16.5. The smallest absolute Gasteiger partial charge is 0.258 e. The molecule has 0 aliphatic heterocycles. The zero-order valence-electron chi connectivity index (χ0n) is 17.6. The number of carbonyl (C=O) groups excluding carboxylic acids is 1. The standard InChI is InChI=1S/C23H27N3O3/c1-14(2)22-25-23(29-26-22)18-6-8-19(9-7-18)28-13-21(27)24-12-20-16(4)10-15(3)11-17(20)5/h6-11,14H,12-13H2,1-5H3,(H,24,27). The van der Waals surface area contributed by atoms with Crippen LogP contribution in [0.1, 0.15) is 47.8 Å². The third-order valence-electron chi connectivity index (χ3n) is 4.73. The Hall–Kier alpha value is -3.15. The summed E-state index contributed by atoms with van der Waals surface area (Å²) in [5.74, 6) is 1.81. The molecule has 0 unspecified atom stereocenters. The highest BCUT2D eigenvalue weighted by molar-refractivity contribution is 5.77. The Kier molecular flexibility index (Phi) is 6.32. The van der Waals surface area contributed by atoms with Crippen molar-refractivity contribution < 1.29 is 14.1 Å². The zero-order valence-corrected chi connectivity index (χ0v) is 17.6. The maximum atomic E-state index is 12.2. The normalized spacial score (nSPS) is 11.0. The van der Waals surface area contributed by atoms with E-state index in [4.69, 9.17) is 9.26 Å². The van der Waals surface area contributed by atoms with Crippen LogP contribution in [0.3, 0.4) is 0 Å². The fraction of sp³-hybridized carbons (Fsp3) is 0.348. The van der Waals surface area contributed by atoms with E-state index in [0.29, 0.717) is 24.0 Å². The van der Waals surface area contributed by atoms with Crippen molar-refractivity contribution >= 4 is 5.91 Å². The van der Waals surface area contributed by atoms with Crippen LogP contribution < -0.4 is 10.1 Å². The molecule has 2 aromatic carbocycles. The van der Waals surface area contributed by atoms with E-state index in [1.165, 1.54) is 16.7 Å². The van der Waals surface area contributed by atoms with Gasteiger partial charge >= 0.3 is 0 Å². The van der Waals surface area contributed by atoms with Crippen LogP contribution in [0.15, 0.2) is 40.9 Å². The molecule has 3 rings (SSSR count). The van der Waals surface area contributed by atoms with Crippen molar-refractivity contribution in [3.8, 4) is 17.2 Å². The number of aryl methyl sites for hydroxylation is 3. The van der Waals surface area contributed by atoms with Crippen molar-refractivity contribution in [1.29, 1.82) is 0 Å². The third-order valence-corrected chi connectivity index (χ3v) is 4.73. The fourth-order valence-corrected chi connectivity index (χ4v) is 3.16. The largest absolute Gasteiger partial charge is 0.484 e. The Morgan fingerprint density at radius 2 is 1.76 bits per heavy atom. The molecule has 152 valence electrons. The zero-order chi connectivity index (χ0) is 21.0. The minimum absolute atomic E-state index is 0.0403. The summed E-state index contributed by atoms with van der Waals surface area (Å²) in [6, 6.07) is 11.5. The summed E-state index contributed by atoms with van der Waals surface area (Å²) >= 11 is 0. The highest BCUT2D eigenvalue weighted by Crippen LogP contribution is 2.22. The Bertz CT molecular complexity index is 968. The molecule has 0 aliphatic rings. The lowest BCUT2D eigenvalue weighted by atomic mass is 10.00. The average molecular weight is 393 g/mol. The van der Waals surface area contributed by atoms with Crippen molar-refractivity contribution in [1.82, 2.24) is 15.5 Å². The van der Waals surface area contributed by atoms with Gasteiger partial charge in [-0.05, 0) is 61.7 Å². The maximum Gasteiger partial charge on any atom is 0.258 e. The summed E-state index contributed by atoms with van der Waals surface area (Å²) in [5.41, 5.74) is 5.55. The molecule has 6 nitrogen and oxygen atoms in total. The number of nitrogens with zero attached hydrogens (tertiary/aromatic N) is 2. The van der Waals surface area contributed by atoms with Gasteiger partial charge in [0.05, 0.1) is 0 Å². The van der Waals surface area contributed by atoms with Gasteiger partial charge in [-0.25, -0.2) is 0 Å². The number of nitrogens with one attached hydrogen (secondary N) is 1. The van der Waals surface area contributed by atoms with E-state index in [-0.39, 0.29) is 18.4 Å². The maximum absolute atomic E-state index is 12.2. The van der Waals surface area contributed by atoms with Gasteiger partial charge in [0, 0.05) is 18.0 Å². The quantitative estimate of drug-likeness (QED) is 0.640. The predicted molar refractivity (Wildman–Crippen MR) is 112 cm³/mol. The number of carbonyl (C=O) groups is 1. The number of amides is 1. The van der Waals surface area contributed by atoms with Crippen molar-refractivity contribution in [3.63, 3.8) is 0 Å². The molecule has 0 saturated heterocycles. The van der Waals surface area contributed by atoms with E-state index in [1.807, 2.05) is 26.0 Å². The molecule has 3 aromatic rings. The van der Waals surface area contributed by atoms with Crippen molar-refractivity contribution in [2.45, 2.75) is 47.1 Å². The minimum atomic E-state index is -0.160. The molecule has 1 heterocycles. The number of hydrogen-bond donors (Lipinski definition) is 1. The summed E-state index contributed by atoms with van der Waals surface area (Å²) in [7, 11) is 0. The lowest BCUT2D eigenvalue weighted by Crippen LogP contribution is -2.29. The number of rotatable bonds is 7. The molecule has 0 atom stereocenters. The first kappa shape index (κ1) is 20.6. The van der Waals surface area contributed by atoms with Gasteiger partial charge in [0.25, 0.3) is 11.8 Å². The van der Waals surface area contributed by atoms with Crippen LogP contribution in [0.2, 0.25) is 0 Å². The van der Waals surface area contributed by atoms with Gasteiger partial charge in [0.2, 0.25) is 0 Å². The molecule has 1 amide bonds. The summed E-state index contributed by atoms with van der Waals surface area (Å²) < 4.78 is 10.9. The molecule has 0 aliphatic carbocycles. The molecule has 1 N–H and O–H groups in total. The van der Waals surface area contributed by atoms with Crippen LogP contribution >= 0.6 is 0 Å². The molecule has 0 fully saturated rings. The second-order valence-corrected chi connectivity index (χ2v) is 7.58. The van der Waals surface area contributed by atoms with E-state index >= 15 is 0 Å². The molecular formula is C23H27N3O3. The lowest BCUT2D eigenvalue weighted by Gasteiger charge is -2.13. The molecule has 29 heavy (non-hydrogen) atoms. The summed E-state index contributed by atoms with van der Waals surface area (Å²) in [5, 5.41) is 6.89. The van der Waals surface area contributed by atoms with Crippen molar-refractivity contribution in [2.24, 2.45) is 0 Å². The minimum Gasteiger partial charge on any atom is -0.484 e. The lowest BCUT2D eigenvalue weighted by molar-refractivity contribution is -0.123. The SMILES string of the molecule is Cc1cc(C)c(CNC(=O)COc2ccc(-c3nc(C(C)C)no3)cc2)c(C)c1. The van der Waals surface area contributed by atoms with Gasteiger partial charge in [-0.1, -0.05) is 36.7 Å². The summed E-state index contributed by atoms with van der Waals surface area (Å²) in [4.78, 5) is 16.5. The number of benzene rings is 2. The van der Waals surface area contributed by atoms with Gasteiger partial charge in [-0.3, -0.25) is 4.79 Å². The van der Waals surface area contributed by atoms with Crippen molar-refractivity contribution in [3.05, 3.63) is 64.5 Å². The molecular weight excluding hydrogens is 366 g/mol. The first-order valence-electron chi connectivity index (χ1n) is 9.73. The number of hydrogen-bond acceptors (Lipinski definition) is 5. The first-order valence-corrected chi connectivity index (χ1v) is 9.73. The molecule has 0 radical (unpaired) electrons. The second kappa shape index (κ2) is 8.90. The topological polar surface area (TPSA) is 77.2 Å². The highest BCUT2D eigenvalue weighted by Gasteiger charge is 2.12. The van der Waals surface area contributed by atoms with E-state index in [2.05, 4.69) is 48.4 Å². The van der Waals surface area contributed by atoms with Crippen LogP contribution in [0, 0.1) is 20.8 Å². The molecule has 1 aromatic heterocycles. The van der Waals surface area contributed by atoms with E-state index in [9.17, 15) is 4.79 Å². The Morgan fingerprint density at radius 3 is 2.34 bits per heavy atom. The van der Waals surface area contributed by atoms with Gasteiger partial charge in [0.1, 0.15) is 5.75 Å². The van der Waals surface area contributed by atoms with Crippen LogP contribution in [0.4, 0.5) is 0 Å². The molecule has 0 bridgehead atoms. The average Bonchev–Trinajstić information content (AvgIpc) is 3.16. The predicted octanol–water partition coefficient (Wildman–Crippen LogP) is 4.48. The van der Waals surface area contributed by atoms with Crippen LogP contribution in [0.5, 0.6) is 5.75 Å². The van der Waals surface area contributed by atoms with E-state index < -0.39 is 0 Å². The Morgan fingerprint density at radius 1 is 1.10 bits per heavy atom. The van der Waals surface area contributed by atoms with Gasteiger partial charge in [-0.15, -0.1) is 0 Å². The van der Waals surface area contributed by atoms with Gasteiger partial charge in [0.15, 0.2) is 12.4 Å². The number of aromatic nitrogens is 2. The Labute approximate surface area is 171 Å². The molecule has 0 spiro atoms. The Balaban J connectivity index is 1.52. The van der Waals surface area contributed by atoms with Crippen molar-refractivity contribution in [2.75, 3.05) is 6.61 Å². The monoisotopic (exact) mass is 393 g/mol. The molecule has 6 heteroatoms. The third kappa shape index (κ3) is 5.22. The van der Waals surface area contributed by atoms with Crippen LogP contribution in [-0.4, -0.2) is 22.7 Å². The number of ether oxygens (including phenoxy) is 1. The van der Waals surface area contributed by atoms with Gasteiger partial charge < -0.3 is 14.6 Å². The summed E-state index contributed by atoms with van der Waals surface area (Å²) in [6.07, 6.45) is 0.